The van der Waals surface area contributed by atoms with E-state index in [2.05, 4.69) is 6.92 Å². The molecule has 0 aromatic rings. The van der Waals surface area contributed by atoms with Crippen molar-refractivity contribution in [2.45, 2.75) is 122 Å². The van der Waals surface area contributed by atoms with Crippen LogP contribution in [0.4, 0.5) is 0 Å². The van der Waals surface area contributed by atoms with Gasteiger partial charge in [-0.3, -0.25) is 9.59 Å². The molecule has 4 N–H and O–H groups in total. The average molecular weight is 391 g/mol. The van der Waals surface area contributed by atoms with Gasteiger partial charge >= 0.3 is 5.97 Å². The smallest absolute Gasteiger partial charge is 0.303 e. The highest BCUT2D eigenvalue weighted by molar-refractivity contribution is 5.66. The van der Waals surface area contributed by atoms with Crippen molar-refractivity contribution in [3.8, 4) is 0 Å². The second kappa shape index (κ2) is 21.2. The summed E-state index contributed by atoms with van der Waals surface area (Å²) in [5, 5.41) is 35.4. The molecular weight excluding hydrogens is 348 g/mol. The number of hydrogen-bond donors (Lipinski definition) is 4. The van der Waals surface area contributed by atoms with Crippen LogP contribution in [0.2, 0.25) is 0 Å². The highest BCUT2D eigenvalue weighted by Crippen LogP contribution is 2.14. The first-order valence-electron chi connectivity index (χ1n) is 10.6. The average Bonchev–Trinajstić information content (AvgIpc) is 2.57. The lowest BCUT2D eigenvalue weighted by Crippen LogP contribution is -2.18. The maximum Gasteiger partial charge on any atom is 0.303 e. The molecule has 0 rings (SSSR count). The lowest BCUT2D eigenvalue weighted by molar-refractivity contribution is -0.138. The SMILES string of the molecule is CC(=O)O.CCCCCCCCCCCCC[C@@H](O)C[C@H](O)CCC(=O)O. The topological polar surface area (TPSA) is 115 Å². The van der Waals surface area contributed by atoms with Gasteiger partial charge in [0, 0.05) is 13.3 Å². The molecule has 2 atom stereocenters. The molecule has 0 saturated carbocycles. The first-order valence-corrected chi connectivity index (χ1v) is 10.6. The largest absolute Gasteiger partial charge is 0.481 e. The van der Waals surface area contributed by atoms with Gasteiger partial charge in [-0.1, -0.05) is 77.6 Å². The molecule has 0 heterocycles. The zero-order valence-electron chi connectivity index (χ0n) is 17.4. The third-order valence-electron chi connectivity index (χ3n) is 4.38. The second-order valence-corrected chi connectivity index (χ2v) is 7.32. The summed E-state index contributed by atoms with van der Waals surface area (Å²) in [6.45, 7) is 3.33. The number of rotatable bonds is 17. The number of hydrogen-bond acceptors (Lipinski definition) is 4. The van der Waals surface area contributed by atoms with Crippen molar-refractivity contribution in [1.82, 2.24) is 0 Å². The van der Waals surface area contributed by atoms with E-state index in [0.717, 1.165) is 19.8 Å². The third-order valence-corrected chi connectivity index (χ3v) is 4.38. The van der Waals surface area contributed by atoms with Gasteiger partial charge in [-0.25, -0.2) is 0 Å². The van der Waals surface area contributed by atoms with Crippen LogP contribution in [0.1, 0.15) is 110 Å². The summed E-state index contributed by atoms with van der Waals surface area (Å²) < 4.78 is 0. The highest BCUT2D eigenvalue weighted by atomic mass is 16.4. The van der Waals surface area contributed by atoms with Crippen molar-refractivity contribution in [1.29, 1.82) is 0 Å². The molecule has 0 unspecified atom stereocenters. The van der Waals surface area contributed by atoms with Crippen molar-refractivity contribution in [2.24, 2.45) is 0 Å². The van der Waals surface area contributed by atoms with Crippen LogP contribution in [0.25, 0.3) is 0 Å². The molecule has 0 aromatic heterocycles. The van der Waals surface area contributed by atoms with Gasteiger partial charge in [0.1, 0.15) is 0 Å². The number of aliphatic hydroxyl groups excluding tert-OH is 2. The summed E-state index contributed by atoms with van der Waals surface area (Å²) in [5.74, 6) is -1.73. The summed E-state index contributed by atoms with van der Waals surface area (Å²) in [6.07, 6.45) is 14.1. The molecule has 27 heavy (non-hydrogen) atoms. The molecule has 0 aliphatic heterocycles. The van der Waals surface area contributed by atoms with Gasteiger partial charge in [0.15, 0.2) is 0 Å². The van der Waals surface area contributed by atoms with E-state index in [-0.39, 0.29) is 12.8 Å². The Bertz CT molecular complexity index is 342. The molecule has 0 fully saturated rings. The Balaban J connectivity index is 0. The minimum Gasteiger partial charge on any atom is -0.481 e. The van der Waals surface area contributed by atoms with Crippen LogP contribution in [-0.2, 0) is 9.59 Å². The lowest BCUT2D eigenvalue weighted by atomic mass is 10.0. The standard InChI is InChI=1S/C19H38O4.C2H4O2/c1-2-3-4-5-6-7-8-9-10-11-12-13-17(20)16-18(21)14-15-19(22)23;1-2(3)4/h17-18,20-21H,2-16H2,1H3,(H,22,23);1H3,(H,3,4)/t17-,18-;/m1./s1. The van der Waals surface area contributed by atoms with E-state index >= 15 is 0 Å². The first-order chi connectivity index (χ1) is 12.8. The fourth-order valence-electron chi connectivity index (χ4n) is 2.88. The van der Waals surface area contributed by atoms with E-state index in [4.69, 9.17) is 15.0 Å². The van der Waals surface area contributed by atoms with Crippen LogP contribution in [0.3, 0.4) is 0 Å². The van der Waals surface area contributed by atoms with E-state index in [1.807, 2.05) is 0 Å². The maximum absolute atomic E-state index is 10.4. The Morgan fingerprint density at radius 3 is 1.48 bits per heavy atom. The maximum atomic E-state index is 10.4. The van der Waals surface area contributed by atoms with E-state index in [9.17, 15) is 15.0 Å². The molecule has 0 spiro atoms. The van der Waals surface area contributed by atoms with Gasteiger partial charge in [-0.05, 0) is 19.3 Å². The Morgan fingerprint density at radius 2 is 1.07 bits per heavy atom. The van der Waals surface area contributed by atoms with Crippen molar-refractivity contribution in [2.75, 3.05) is 0 Å². The van der Waals surface area contributed by atoms with Crippen molar-refractivity contribution < 1.29 is 30.0 Å². The van der Waals surface area contributed by atoms with E-state index in [1.165, 1.54) is 57.8 Å². The molecule has 0 aliphatic rings. The van der Waals surface area contributed by atoms with Gasteiger partial charge < -0.3 is 20.4 Å². The van der Waals surface area contributed by atoms with Gasteiger partial charge in [0.25, 0.3) is 5.97 Å². The fraction of sp³-hybridized carbons (Fsp3) is 0.905. The molecule has 6 heteroatoms. The van der Waals surface area contributed by atoms with Crippen LogP contribution < -0.4 is 0 Å². The molecule has 0 aliphatic carbocycles. The number of unbranched alkanes of at least 4 members (excludes halogenated alkanes) is 10. The predicted molar refractivity (Wildman–Crippen MR) is 108 cm³/mol. The van der Waals surface area contributed by atoms with E-state index < -0.39 is 24.1 Å². The Labute approximate surface area is 165 Å². The Kier molecular flexibility index (Phi) is 22.0. The normalized spacial score (nSPS) is 12.7. The van der Waals surface area contributed by atoms with Gasteiger partial charge in [0.05, 0.1) is 12.2 Å². The first kappa shape index (κ1) is 28.1. The van der Waals surface area contributed by atoms with Crippen LogP contribution in [0.5, 0.6) is 0 Å². The second-order valence-electron chi connectivity index (χ2n) is 7.32. The molecule has 162 valence electrons. The minimum atomic E-state index is -0.899. The fourth-order valence-corrected chi connectivity index (χ4v) is 2.88. The minimum absolute atomic E-state index is 0.0354. The van der Waals surface area contributed by atoms with Gasteiger partial charge in [0.2, 0.25) is 0 Å². The highest BCUT2D eigenvalue weighted by Gasteiger charge is 2.13. The molecule has 0 radical (unpaired) electrons. The van der Waals surface area contributed by atoms with Gasteiger partial charge in [-0.15, -0.1) is 0 Å². The Hall–Kier alpha value is -1.14. The quantitative estimate of drug-likeness (QED) is 0.266. The Morgan fingerprint density at radius 1 is 0.704 bits per heavy atom. The van der Waals surface area contributed by atoms with Gasteiger partial charge in [-0.2, -0.15) is 0 Å². The van der Waals surface area contributed by atoms with Crippen molar-refractivity contribution in [3.05, 3.63) is 0 Å². The van der Waals surface area contributed by atoms with E-state index in [1.54, 1.807) is 0 Å². The summed E-state index contributed by atoms with van der Waals surface area (Å²) in [7, 11) is 0. The predicted octanol–water partition coefficient (Wildman–Crippen LogP) is 4.76. The lowest BCUT2D eigenvalue weighted by Gasteiger charge is -2.14. The zero-order valence-corrected chi connectivity index (χ0v) is 17.4. The molecule has 6 nitrogen and oxygen atoms in total. The monoisotopic (exact) mass is 390 g/mol. The summed E-state index contributed by atoms with van der Waals surface area (Å²) in [6, 6.07) is 0. The van der Waals surface area contributed by atoms with E-state index in [0.29, 0.717) is 12.8 Å². The number of carboxylic acids is 2. The molecule has 0 aromatic carbocycles. The summed E-state index contributed by atoms with van der Waals surface area (Å²) in [5.41, 5.74) is 0. The molecular formula is C21H42O6. The summed E-state index contributed by atoms with van der Waals surface area (Å²) in [4.78, 5) is 19.4. The third kappa shape index (κ3) is 29.9. The molecule has 0 bridgehead atoms. The zero-order chi connectivity index (χ0) is 20.9. The van der Waals surface area contributed by atoms with Crippen LogP contribution in [-0.4, -0.2) is 44.6 Å². The number of carbonyl (C=O) groups is 2. The van der Waals surface area contributed by atoms with Crippen molar-refractivity contribution in [3.63, 3.8) is 0 Å². The van der Waals surface area contributed by atoms with Crippen LogP contribution >= 0.6 is 0 Å². The number of carboxylic acid groups (broad SMARTS) is 2. The van der Waals surface area contributed by atoms with Crippen LogP contribution in [0.15, 0.2) is 0 Å². The summed E-state index contributed by atoms with van der Waals surface area (Å²) >= 11 is 0. The number of aliphatic hydroxyl groups is 2. The van der Waals surface area contributed by atoms with Crippen LogP contribution in [0, 0.1) is 0 Å². The van der Waals surface area contributed by atoms with Crippen molar-refractivity contribution >= 4 is 11.9 Å². The number of aliphatic carboxylic acids is 2. The molecule has 0 amide bonds. The molecule has 0 saturated heterocycles.